The molecule has 0 saturated heterocycles. The van der Waals surface area contributed by atoms with Crippen LogP contribution in [-0.2, 0) is 9.53 Å². The minimum absolute atomic E-state index is 0.156. The number of carbonyl (C=O) groups excluding carboxylic acids is 3. The maximum Gasteiger partial charge on any atom is 0.343 e. The van der Waals surface area contributed by atoms with Gasteiger partial charge >= 0.3 is 17.9 Å². The van der Waals surface area contributed by atoms with Crippen LogP contribution in [0.15, 0.2) is 78.4 Å². The molecule has 47 heavy (non-hydrogen) atoms. The molecule has 0 N–H and O–H groups in total. The first-order valence-electron chi connectivity index (χ1n) is 17.1. The molecule has 3 aromatic rings. The molecule has 0 aliphatic rings. The van der Waals surface area contributed by atoms with Crippen molar-refractivity contribution in [3.63, 3.8) is 0 Å². The number of esters is 3. The minimum atomic E-state index is -0.575. The second-order valence-electron chi connectivity index (χ2n) is 11.9. The van der Waals surface area contributed by atoms with E-state index in [9.17, 15) is 14.4 Å². The lowest BCUT2D eigenvalue weighted by atomic mass is 10.1. The molecule has 7 heteroatoms. The van der Waals surface area contributed by atoms with Gasteiger partial charge in [-0.15, -0.1) is 0 Å². The van der Waals surface area contributed by atoms with Gasteiger partial charge in [0.05, 0.1) is 23.8 Å². The summed E-state index contributed by atoms with van der Waals surface area (Å²) in [7, 11) is 0. The van der Waals surface area contributed by atoms with Crippen LogP contribution in [0.4, 0.5) is 0 Å². The zero-order valence-electron chi connectivity index (χ0n) is 28.4. The lowest BCUT2D eigenvalue weighted by Gasteiger charge is -2.13. The van der Waals surface area contributed by atoms with Crippen molar-refractivity contribution in [2.75, 3.05) is 6.61 Å². The first kappa shape index (κ1) is 37.1. The van der Waals surface area contributed by atoms with Gasteiger partial charge in [0.15, 0.2) is 0 Å². The maximum atomic E-state index is 12.7. The van der Waals surface area contributed by atoms with Crippen LogP contribution in [-0.4, -0.2) is 30.6 Å². The topological polar surface area (TPSA) is 88.1 Å². The van der Waals surface area contributed by atoms with E-state index in [1.807, 2.05) is 31.2 Å². The molecular weight excluding hydrogens is 592 g/mol. The van der Waals surface area contributed by atoms with E-state index in [0.29, 0.717) is 29.2 Å². The number of hydrogen-bond donors (Lipinski definition) is 0. The average molecular weight is 643 g/mol. The smallest absolute Gasteiger partial charge is 0.343 e. The van der Waals surface area contributed by atoms with Gasteiger partial charge < -0.3 is 18.9 Å². The number of rotatable bonds is 20. The van der Waals surface area contributed by atoms with Gasteiger partial charge in [-0.25, -0.2) is 14.4 Å². The van der Waals surface area contributed by atoms with E-state index in [1.54, 1.807) is 49.4 Å². The Bertz CT molecular complexity index is 1410. The van der Waals surface area contributed by atoms with E-state index in [4.69, 9.17) is 18.9 Å². The van der Waals surface area contributed by atoms with Crippen LogP contribution in [0.2, 0.25) is 0 Å². The van der Waals surface area contributed by atoms with Crippen LogP contribution in [0.3, 0.4) is 0 Å². The Hall–Kier alpha value is -4.39. The fraction of sp³-hybridized carbons (Fsp3) is 0.425. The summed E-state index contributed by atoms with van der Waals surface area (Å²) in [5.41, 5.74) is 1.98. The fourth-order valence-electron chi connectivity index (χ4n) is 4.88. The van der Waals surface area contributed by atoms with E-state index in [1.165, 1.54) is 50.7 Å². The molecule has 0 fully saturated rings. The van der Waals surface area contributed by atoms with E-state index >= 15 is 0 Å². The molecule has 3 aromatic carbocycles. The Morgan fingerprint density at radius 1 is 0.617 bits per heavy atom. The van der Waals surface area contributed by atoms with Gasteiger partial charge in [-0.2, -0.15) is 0 Å². The SMILES string of the molecule is CCCCCCCCOc1ccc(/C=C(\C)C(=O)Oc2ccc(C(=O)Oc3ccc(C(=O)O[C@@H](C)CCCCCC)cc3)cc2)cc1. The molecule has 0 radical (unpaired) electrons. The summed E-state index contributed by atoms with van der Waals surface area (Å²) >= 11 is 0. The first-order chi connectivity index (χ1) is 22.8. The molecule has 0 aliphatic heterocycles. The summed E-state index contributed by atoms with van der Waals surface area (Å²) in [4.78, 5) is 37.8. The summed E-state index contributed by atoms with van der Waals surface area (Å²) in [6, 6.07) is 20.0. The number of hydrogen-bond acceptors (Lipinski definition) is 7. The van der Waals surface area contributed by atoms with Crippen molar-refractivity contribution in [1.29, 1.82) is 0 Å². The summed E-state index contributed by atoms with van der Waals surface area (Å²) in [6.07, 6.45) is 14.3. The second-order valence-corrected chi connectivity index (χ2v) is 11.9. The molecule has 0 amide bonds. The van der Waals surface area contributed by atoms with Crippen LogP contribution in [0, 0.1) is 0 Å². The maximum absolute atomic E-state index is 12.7. The Labute approximate surface area is 280 Å². The van der Waals surface area contributed by atoms with Crippen LogP contribution >= 0.6 is 0 Å². The molecule has 0 spiro atoms. The zero-order valence-corrected chi connectivity index (χ0v) is 28.4. The van der Waals surface area contributed by atoms with E-state index < -0.39 is 17.9 Å². The van der Waals surface area contributed by atoms with Gasteiger partial charge in [-0.05, 0) is 105 Å². The van der Waals surface area contributed by atoms with Crippen LogP contribution in [0.5, 0.6) is 17.2 Å². The Morgan fingerprint density at radius 2 is 1.13 bits per heavy atom. The predicted molar refractivity (Wildman–Crippen MR) is 186 cm³/mol. The summed E-state index contributed by atoms with van der Waals surface area (Å²) in [5.74, 6) is -0.0527. The van der Waals surface area contributed by atoms with Gasteiger partial charge in [-0.3, -0.25) is 0 Å². The molecule has 252 valence electrons. The monoisotopic (exact) mass is 642 g/mol. The van der Waals surface area contributed by atoms with E-state index in [2.05, 4.69) is 13.8 Å². The Balaban J connectivity index is 1.43. The molecule has 0 unspecified atom stereocenters. The van der Waals surface area contributed by atoms with Crippen molar-refractivity contribution < 1.29 is 33.3 Å². The highest BCUT2D eigenvalue weighted by Crippen LogP contribution is 2.20. The van der Waals surface area contributed by atoms with Gasteiger partial charge in [0.1, 0.15) is 17.2 Å². The predicted octanol–water partition coefficient (Wildman–Crippen LogP) is 10.2. The van der Waals surface area contributed by atoms with Crippen molar-refractivity contribution >= 4 is 24.0 Å². The average Bonchev–Trinajstić information content (AvgIpc) is 3.07. The standard InChI is InChI=1S/C40H50O7/c1-5-7-9-11-12-14-28-44-35-22-16-32(17-23-35)29-30(3)38(41)46-36-24-20-34(21-25-36)40(43)47-37-26-18-33(19-27-37)39(42)45-31(4)15-13-10-8-6-2/h16-27,29,31H,5-15,28H2,1-4H3/b30-29+/t31-/m0/s1. The molecular formula is C40H50O7. The summed E-state index contributed by atoms with van der Waals surface area (Å²) in [5, 5.41) is 0. The summed E-state index contributed by atoms with van der Waals surface area (Å²) in [6.45, 7) is 8.67. The molecule has 3 rings (SSSR count). The van der Waals surface area contributed by atoms with Crippen molar-refractivity contribution in [2.24, 2.45) is 0 Å². The molecule has 0 aliphatic carbocycles. The Morgan fingerprint density at radius 3 is 1.74 bits per heavy atom. The lowest BCUT2D eigenvalue weighted by molar-refractivity contribution is -0.130. The molecule has 0 aromatic heterocycles. The van der Waals surface area contributed by atoms with Crippen molar-refractivity contribution in [1.82, 2.24) is 0 Å². The number of carbonyl (C=O) groups is 3. The van der Waals surface area contributed by atoms with Gasteiger partial charge in [-0.1, -0.05) is 77.3 Å². The molecule has 0 saturated carbocycles. The van der Waals surface area contributed by atoms with Gasteiger partial charge in [0.2, 0.25) is 0 Å². The molecule has 1 atom stereocenters. The second kappa shape index (κ2) is 20.7. The van der Waals surface area contributed by atoms with Gasteiger partial charge in [0.25, 0.3) is 0 Å². The third kappa shape index (κ3) is 13.9. The molecule has 7 nitrogen and oxygen atoms in total. The number of unbranched alkanes of at least 4 members (excludes halogenated alkanes) is 8. The van der Waals surface area contributed by atoms with Crippen LogP contribution < -0.4 is 14.2 Å². The third-order valence-electron chi connectivity index (χ3n) is 7.73. The van der Waals surface area contributed by atoms with Crippen LogP contribution in [0.1, 0.15) is 125 Å². The van der Waals surface area contributed by atoms with Crippen LogP contribution in [0.25, 0.3) is 6.08 Å². The lowest BCUT2D eigenvalue weighted by Crippen LogP contribution is -2.15. The van der Waals surface area contributed by atoms with E-state index in [-0.39, 0.29) is 11.7 Å². The van der Waals surface area contributed by atoms with E-state index in [0.717, 1.165) is 43.4 Å². The minimum Gasteiger partial charge on any atom is -0.494 e. The Kier molecular flexibility index (Phi) is 16.3. The highest BCUT2D eigenvalue weighted by atomic mass is 16.5. The molecule has 0 bridgehead atoms. The zero-order chi connectivity index (χ0) is 33.9. The highest BCUT2D eigenvalue weighted by molar-refractivity contribution is 5.95. The highest BCUT2D eigenvalue weighted by Gasteiger charge is 2.14. The normalized spacial score (nSPS) is 11.9. The number of ether oxygens (including phenoxy) is 4. The fourth-order valence-corrected chi connectivity index (χ4v) is 4.88. The van der Waals surface area contributed by atoms with Crippen molar-refractivity contribution in [3.8, 4) is 17.2 Å². The third-order valence-corrected chi connectivity index (χ3v) is 7.73. The van der Waals surface area contributed by atoms with Crippen molar-refractivity contribution in [3.05, 3.63) is 95.1 Å². The first-order valence-corrected chi connectivity index (χ1v) is 17.1. The quantitative estimate of drug-likeness (QED) is 0.0524. The molecule has 0 heterocycles. The van der Waals surface area contributed by atoms with Crippen molar-refractivity contribution in [2.45, 2.75) is 104 Å². The largest absolute Gasteiger partial charge is 0.494 e. The number of benzene rings is 3. The summed E-state index contributed by atoms with van der Waals surface area (Å²) < 4.78 is 22.3. The van der Waals surface area contributed by atoms with Gasteiger partial charge in [0, 0.05) is 5.57 Å².